The number of ether oxygens (including phenoxy) is 6. The number of hydrogen-bond donors (Lipinski definition) is 0. The Hall–Kier alpha value is -2.49. The Kier molecular flexibility index (Phi) is 5.06. The molecule has 9 nitrogen and oxygen atoms in total. The second-order valence-electron chi connectivity index (χ2n) is 6.39. The van der Waals surface area contributed by atoms with E-state index in [0.29, 0.717) is 19.8 Å². The molecular weight excluding hydrogens is 360 g/mol. The standard InChI is InChI=1S/C18H18O9/c19-16(25-7-10-4-22-10)13-2-1-3-14(17(20)26-8-11-5-23-11)15(13)18(21)27-9-12-6-24-12/h1-3,10-12H,4-9H2. The van der Waals surface area contributed by atoms with Crippen molar-refractivity contribution in [3.63, 3.8) is 0 Å². The number of carbonyl (C=O) groups is 3. The van der Waals surface area contributed by atoms with Gasteiger partial charge in [0.25, 0.3) is 0 Å². The lowest BCUT2D eigenvalue weighted by atomic mass is 10.0. The molecule has 0 radical (unpaired) electrons. The number of rotatable bonds is 9. The van der Waals surface area contributed by atoms with Gasteiger partial charge < -0.3 is 28.4 Å². The maximum Gasteiger partial charge on any atom is 0.339 e. The quantitative estimate of drug-likeness (QED) is 0.341. The lowest BCUT2D eigenvalue weighted by molar-refractivity contribution is 0.0410. The zero-order valence-electron chi connectivity index (χ0n) is 14.4. The van der Waals surface area contributed by atoms with Crippen molar-refractivity contribution in [2.75, 3.05) is 39.6 Å². The summed E-state index contributed by atoms with van der Waals surface area (Å²) in [6, 6.07) is 4.29. The van der Waals surface area contributed by atoms with E-state index in [0.717, 1.165) is 0 Å². The SMILES string of the molecule is O=C(OCC1CO1)c1cccc(C(=O)OCC2CO2)c1C(=O)OCC1CO1. The molecule has 3 heterocycles. The monoisotopic (exact) mass is 378 g/mol. The van der Waals surface area contributed by atoms with E-state index in [1.165, 1.54) is 18.2 Å². The summed E-state index contributed by atoms with van der Waals surface area (Å²) in [7, 11) is 0. The minimum Gasteiger partial charge on any atom is -0.459 e. The van der Waals surface area contributed by atoms with Gasteiger partial charge in [-0.1, -0.05) is 6.07 Å². The van der Waals surface area contributed by atoms with Crippen LogP contribution in [0.3, 0.4) is 0 Å². The Morgan fingerprint density at radius 1 is 0.741 bits per heavy atom. The molecule has 4 rings (SSSR count). The molecule has 0 N–H and O–H groups in total. The molecule has 3 unspecified atom stereocenters. The molecule has 0 saturated carbocycles. The highest BCUT2D eigenvalue weighted by atomic mass is 16.6. The van der Waals surface area contributed by atoms with Gasteiger partial charge in [-0.3, -0.25) is 0 Å². The van der Waals surface area contributed by atoms with Crippen LogP contribution in [0.25, 0.3) is 0 Å². The van der Waals surface area contributed by atoms with Crippen molar-refractivity contribution in [3.8, 4) is 0 Å². The first-order valence-electron chi connectivity index (χ1n) is 8.61. The summed E-state index contributed by atoms with van der Waals surface area (Å²) in [6.45, 7) is 1.77. The van der Waals surface area contributed by atoms with Crippen LogP contribution in [0.4, 0.5) is 0 Å². The molecule has 0 bridgehead atoms. The van der Waals surface area contributed by atoms with Gasteiger partial charge in [-0.25, -0.2) is 14.4 Å². The molecule has 3 atom stereocenters. The largest absolute Gasteiger partial charge is 0.459 e. The average molecular weight is 378 g/mol. The summed E-state index contributed by atoms with van der Waals surface area (Å²) in [6.07, 6.45) is -0.395. The zero-order chi connectivity index (χ0) is 18.8. The second-order valence-corrected chi connectivity index (χ2v) is 6.39. The highest BCUT2D eigenvalue weighted by Gasteiger charge is 2.32. The van der Waals surface area contributed by atoms with E-state index in [1.807, 2.05) is 0 Å². The smallest absolute Gasteiger partial charge is 0.339 e. The number of epoxide rings is 3. The first kappa shape index (κ1) is 17.9. The molecule has 3 fully saturated rings. The van der Waals surface area contributed by atoms with Crippen LogP contribution >= 0.6 is 0 Å². The summed E-state index contributed by atoms with van der Waals surface area (Å²) >= 11 is 0. The molecule has 0 spiro atoms. The molecule has 0 aliphatic carbocycles. The molecule has 3 aliphatic rings. The van der Waals surface area contributed by atoms with Crippen LogP contribution < -0.4 is 0 Å². The molecule has 144 valence electrons. The first-order chi connectivity index (χ1) is 13.1. The summed E-state index contributed by atoms with van der Waals surface area (Å²) in [5.41, 5.74) is -0.300. The molecule has 1 aromatic carbocycles. The molecule has 3 saturated heterocycles. The third-order valence-corrected chi connectivity index (χ3v) is 4.12. The molecule has 9 heteroatoms. The maximum absolute atomic E-state index is 12.6. The molecule has 0 amide bonds. The van der Waals surface area contributed by atoms with Crippen LogP contribution in [-0.2, 0) is 28.4 Å². The van der Waals surface area contributed by atoms with Crippen molar-refractivity contribution in [3.05, 3.63) is 34.9 Å². The fourth-order valence-electron chi connectivity index (χ4n) is 2.34. The number of esters is 3. The van der Waals surface area contributed by atoms with E-state index in [-0.39, 0.29) is 54.8 Å². The van der Waals surface area contributed by atoms with Crippen molar-refractivity contribution in [2.24, 2.45) is 0 Å². The third kappa shape index (κ3) is 4.82. The van der Waals surface area contributed by atoms with Crippen molar-refractivity contribution in [1.82, 2.24) is 0 Å². The number of hydrogen-bond acceptors (Lipinski definition) is 9. The Morgan fingerprint density at radius 3 is 1.48 bits per heavy atom. The van der Waals surface area contributed by atoms with E-state index in [9.17, 15) is 14.4 Å². The Bertz CT molecular complexity index is 701. The van der Waals surface area contributed by atoms with Gasteiger partial charge in [0.1, 0.15) is 38.1 Å². The van der Waals surface area contributed by atoms with E-state index in [1.54, 1.807) is 0 Å². The number of carbonyl (C=O) groups excluding carboxylic acids is 3. The van der Waals surface area contributed by atoms with E-state index >= 15 is 0 Å². The molecule has 0 aromatic heterocycles. The van der Waals surface area contributed by atoms with Gasteiger partial charge in [0.15, 0.2) is 0 Å². The zero-order valence-corrected chi connectivity index (χ0v) is 14.4. The number of benzene rings is 1. The van der Waals surface area contributed by atoms with Crippen LogP contribution in [0.5, 0.6) is 0 Å². The van der Waals surface area contributed by atoms with Gasteiger partial charge in [-0.05, 0) is 12.1 Å². The van der Waals surface area contributed by atoms with Crippen molar-refractivity contribution < 1.29 is 42.8 Å². The highest BCUT2D eigenvalue weighted by molar-refractivity contribution is 6.10. The van der Waals surface area contributed by atoms with Gasteiger partial charge in [0.05, 0.1) is 36.5 Å². The van der Waals surface area contributed by atoms with E-state index in [2.05, 4.69) is 0 Å². The van der Waals surface area contributed by atoms with E-state index in [4.69, 9.17) is 28.4 Å². The summed E-state index contributed by atoms with van der Waals surface area (Å²) in [5.74, 6) is -2.28. The minimum atomic E-state index is -0.810. The second kappa shape index (κ2) is 7.63. The van der Waals surface area contributed by atoms with Gasteiger partial charge >= 0.3 is 17.9 Å². The van der Waals surface area contributed by atoms with Crippen molar-refractivity contribution in [2.45, 2.75) is 18.3 Å². The van der Waals surface area contributed by atoms with Crippen LogP contribution in [0, 0.1) is 0 Å². The van der Waals surface area contributed by atoms with Gasteiger partial charge in [0.2, 0.25) is 0 Å². The van der Waals surface area contributed by atoms with Crippen LogP contribution in [-0.4, -0.2) is 75.9 Å². The maximum atomic E-state index is 12.6. The van der Waals surface area contributed by atoms with Gasteiger partial charge in [-0.2, -0.15) is 0 Å². The third-order valence-electron chi connectivity index (χ3n) is 4.12. The van der Waals surface area contributed by atoms with Crippen molar-refractivity contribution >= 4 is 17.9 Å². The normalized spacial score (nSPS) is 24.7. The highest BCUT2D eigenvalue weighted by Crippen LogP contribution is 2.21. The fraction of sp³-hybridized carbons (Fsp3) is 0.500. The molecule has 3 aliphatic heterocycles. The predicted molar refractivity (Wildman–Crippen MR) is 86.5 cm³/mol. The van der Waals surface area contributed by atoms with Crippen LogP contribution in [0.15, 0.2) is 18.2 Å². The minimum absolute atomic E-state index is 0.0442. The molecule has 27 heavy (non-hydrogen) atoms. The van der Waals surface area contributed by atoms with Crippen LogP contribution in [0.1, 0.15) is 31.1 Å². The van der Waals surface area contributed by atoms with E-state index < -0.39 is 17.9 Å². The lowest BCUT2D eigenvalue weighted by Crippen LogP contribution is -2.22. The Balaban J connectivity index is 1.54. The van der Waals surface area contributed by atoms with Gasteiger partial charge in [0, 0.05) is 0 Å². The fourth-order valence-corrected chi connectivity index (χ4v) is 2.34. The first-order valence-corrected chi connectivity index (χ1v) is 8.61. The van der Waals surface area contributed by atoms with Crippen molar-refractivity contribution in [1.29, 1.82) is 0 Å². The Labute approximate surface area is 154 Å². The predicted octanol–water partition coefficient (Wildman–Crippen LogP) is 0.353. The van der Waals surface area contributed by atoms with Crippen LogP contribution in [0.2, 0.25) is 0 Å². The summed E-state index contributed by atoms with van der Waals surface area (Å²) in [4.78, 5) is 37.4. The molecule has 1 aromatic rings. The molecular formula is C18H18O9. The Morgan fingerprint density at radius 2 is 1.11 bits per heavy atom. The lowest BCUT2D eigenvalue weighted by Gasteiger charge is -2.13. The summed E-state index contributed by atoms with van der Waals surface area (Å²) in [5, 5.41) is 0. The summed E-state index contributed by atoms with van der Waals surface area (Å²) < 4.78 is 30.5. The van der Waals surface area contributed by atoms with Gasteiger partial charge in [-0.15, -0.1) is 0 Å². The average Bonchev–Trinajstić information content (AvgIpc) is 3.54. The topological polar surface area (TPSA) is 116 Å².